The van der Waals surface area contributed by atoms with Crippen molar-refractivity contribution in [3.8, 4) is 11.5 Å². The van der Waals surface area contributed by atoms with Gasteiger partial charge in [0.1, 0.15) is 17.3 Å². The van der Waals surface area contributed by atoms with Gasteiger partial charge in [-0.3, -0.25) is 4.79 Å². The highest BCUT2D eigenvalue weighted by molar-refractivity contribution is 6.03. The maximum Gasteiger partial charge on any atom is 0.323 e. The Hall–Kier alpha value is -3.09. The van der Waals surface area contributed by atoms with Gasteiger partial charge in [0.15, 0.2) is 5.78 Å². The van der Waals surface area contributed by atoms with Gasteiger partial charge in [0.25, 0.3) is 0 Å². The summed E-state index contributed by atoms with van der Waals surface area (Å²) in [5, 5.41) is 14.7. The number of hydrogen-bond acceptors (Lipinski definition) is 4. The minimum Gasteiger partial charge on any atom is -0.507 e. The monoisotopic (exact) mass is 318 g/mol. The molecule has 0 unspecified atom stereocenters. The molecule has 2 amide bonds. The number of phenols is 1. The van der Waals surface area contributed by atoms with Gasteiger partial charge in [-0.1, -0.05) is 6.07 Å². The van der Waals surface area contributed by atoms with Crippen molar-refractivity contribution in [1.29, 1.82) is 0 Å². The van der Waals surface area contributed by atoms with Crippen molar-refractivity contribution in [3.63, 3.8) is 0 Å². The third kappa shape index (κ3) is 3.97. The summed E-state index contributed by atoms with van der Waals surface area (Å²) in [5.74, 6) is -0.907. The van der Waals surface area contributed by atoms with Crippen molar-refractivity contribution in [1.82, 2.24) is 0 Å². The maximum absolute atomic E-state index is 13.1. The molecule has 2 aromatic rings. The van der Waals surface area contributed by atoms with Crippen LogP contribution < -0.4 is 15.4 Å². The number of rotatable bonds is 4. The van der Waals surface area contributed by atoms with Gasteiger partial charge in [0.2, 0.25) is 0 Å². The molecule has 23 heavy (non-hydrogen) atoms. The SMILES string of the molecule is COc1cc(O)c(C(C)=O)cc1NC(=O)Nc1cccc(F)c1. The number of ether oxygens (including phenoxy) is 1. The summed E-state index contributed by atoms with van der Waals surface area (Å²) in [6.45, 7) is 1.29. The van der Waals surface area contributed by atoms with E-state index in [0.29, 0.717) is 0 Å². The molecule has 0 aliphatic heterocycles. The maximum atomic E-state index is 13.1. The number of halogens is 1. The number of ketones is 1. The first-order chi connectivity index (χ1) is 10.9. The fourth-order valence-electron chi connectivity index (χ4n) is 1.97. The molecule has 120 valence electrons. The lowest BCUT2D eigenvalue weighted by Crippen LogP contribution is -2.20. The number of carbonyl (C=O) groups excluding carboxylic acids is 2. The van der Waals surface area contributed by atoms with Crippen LogP contribution in [0, 0.1) is 5.82 Å². The van der Waals surface area contributed by atoms with Crippen LogP contribution in [0.25, 0.3) is 0 Å². The second-order valence-corrected chi connectivity index (χ2v) is 4.72. The largest absolute Gasteiger partial charge is 0.507 e. The quantitative estimate of drug-likeness (QED) is 0.595. The van der Waals surface area contributed by atoms with E-state index >= 15 is 0 Å². The lowest BCUT2D eigenvalue weighted by atomic mass is 10.1. The van der Waals surface area contributed by atoms with E-state index in [9.17, 15) is 19.1 Å². The molecule has 6 nitrogen and oxygen atoms in total. The summed E-state index contributed by atoms with van der Waals surface area (Å²) in [4.78, 5) is 23.4. The molecule has 0 saturated heterocycles. The molecule has 0 aromatic heterocycles. The first-order valence-electron chi connectivity index (χ1n) is 6.66. The smallest absolute Gasteiger partial charge is 0.323 e. The van der Waals surface area contributed by atoms with Crippen molar-refractivity contribution in [2.24, 2.45) is 0 Å². The van der Waals surface area contributed by atoms with E-state index in [0.717, 1.165) is 6.07 Å². The van der Waals surface area contributed by atoms with Gasteiger partial charge in [-0.05, 0) is 31.2 Å². The minimum atomic E-state index is -0.644. The van der Waals surface area contributed by atoms with Crippen LogP contribution in [-0.4, -0.2) is 24.0 Å². The normalized spacial score (nSPS) is 10.0. The molecular formula is C16H15FN2O4. The fourth-order valence-corrected chi connectivity index (χ4v) is 1.97. The second-order valence-electron chi connectivity index (χ2n) is 4.72. The van der Waals surface area contributed by atoms with E-state index < -0.39 is 11.8 Å². The van der Waals surface area contributed by atoms with Crippen molar-refractivity contribution in [2.75, 3.05) is 17.7 Å². The molecule has 0 atom stereocenters. The van der Waals surface area contributed by atoms with Crippen LogP contribution in [0.4, 0.5) is 20.6 Å². The number of urea groups is 1. The molecule has 3 N–H and O–H groups in total. The first-order valence-corrected chi connectivity index (χ1v) is 6.66. The van der Waals surface area contributed by atoms with Gasteiger partial charge in [0.05, 0.1) is 18.4 Å². The van der Waals surface area contributed by atoms with E-state index in [1.165, 1.54) is 44.4 Å². The highest BCUT2D eigenvalue weighted by Crippen LogP contribution is 2.32. The highest BCUT2D eigenvalue weighted by Gasteiger charge is 2.15. The number of Topliss-reactive ketones (excluding diaryl/α,β-unsaturated/α-hetero) is 1. The Morgan fingerprint density at radius 1 is 1.17 bits per heavy atom. The Bertz CT molecular complexity index is 762. The van der Waals surface area contributed by atoms with Crippen molar-refractivity contribution in [2.45, 2.75) is 6.92 Å². The number of carbonyl (C=O) groups is 2. The van der Waals surface area contributed by atoms with Gasteiger partial charge < -0.3 is 20.5 Å². The number of benzene rings is 2. The molecule has 0 radical (unpaired) electrons. The predicted molar refractivity (Wildman–Crippen MR) is 83.7 cm³/mol. The molecule has 0 heterocycles. The lowest BCUT2D eigenvalue weighted by molar-refractivity contribution is 0.101. The van der Waals surface area contributed by atoms with Crippen LogP contribution in [0.15, 0.2) is 36.4 Å². The molecule has 7 heteroatoms. The molecule has 0 aliphatic carbocycles. The lowest BCUT2D eigenvalue weighted by Gasteiger charge is -2.13. The number of hydrogen-bond donors (Lipinski definition) is 3. The van der Waals surface area contributed by atoms with Crippen LogP contribution in [0.5, 0.6) is 11.5 Å². The number of methoxy groups -OCH3 is 1. The van der Waals surface area contributed by atoms with Gasteiger partial charge >= 0.3 is 6.03 Å². The first kappa shape index (κ1) is 16.3. The predicted octanol–water partition coefficient (Wildman–Crippen LogP) is 3.39. The average Bonchev–Trinajstić information content (AvgIpc) is 2.48. The van der Waals surface area contributed by atoms with E-state index in [1.54, 1.807) is 0 Å². The number of anilines is 2. The number of amides is 2. The summed E-state index contributed by atoms with van der Waals surface area (Å²) in [6.07, 6.45) is 0. The van der Waals surface area contributed by atoms with Crippen molar-refractivity contribution in [3.05, 3.63) is 47.8 Å². The average molecular weight is 318 g/mol. The van der Waals surface area contributed by atoms with Crippen molar-refractivity contribution >= 4 is 23.2 Å². The minimum absolute atomic E-state index is 0.0480. The van der Waals surface area contributed by atoms with Crippen LogP contribution in [0.3, 0.4) is 0 Å². The Kier molecular flexibility index (Phi) is 4.80. The van der Waals surface area contributed by atoms with Gasteiger partial charge in [-0.25, -0.2) is 9.18 Å². The highest BCUT2D eigenvalue weighted by atomic mass is 19.1. The summed E-state index contributed by atoms with van der Waals surface area (Å²) in [6, 6.07) is 7.29. The zero-order valence-corrected chi connectivity index (χ0v) is 12.5. The van der Waals surface area contributed by atoms with Crippen LogP contribution in [0.1, 0.15) is 17.3 Å². The Morgan fingerprint density at radius 2 is 1.91 bits per heavy atom. The van der Waals surface area contributed by atoms with Gasteiger partial charge in [-0.2, -0.15) is 0 Å². The summed E-state index contributed by atoms with van der Waals surface area (Å²) in [7, 11) is 1.36. The number of phenolic OH excluding ortho intramolecular Hbond substituents is 1. The fraction of sp³-hybridized carbons (Fsp3) is 0.125. The van der Waals surface area contributed by atoms with Gasteiger partial charge in [0, 0.05) is 11.8 Å². The van der Waals surface area contributed by atoms with E-state index in [4.69, 9.17) is 4.74 Å². The third-order valence-electron chi connectivity index (χ3n) is 3.03. The van der Waals surface area contributed by atoms with Crippen LogP contribution >= 0.6 is 0 Å². The van der Waals surface area contributed by atoms with E-state index in [-0.39, 0.29) is 34.2 Å². The van der Waals surface area contributed by atoms with Gasteiger partial charge in [-0.15, -0.1) is 0 Å². The molecule has 0 fully saturated rings. The topological polar surface area (TPSA) is 87.7 Å². The van der Waals surface area contributed by atoms with Crippen LogP contribution in [0.2, 0.25) is 0 Å². The number of nitrogens with one attached hydrogen (secondary N) is 2. The molecule has 0 bridgehead atoms. The molecule has 2 rings (SSSR count). The Balaban J connectivity index is 2.22. The third-order valence-corrected chi connectivity index (χ3v) is 3.03. The molecule has 0 saturated carbocycles. The summed E-state index contributed by atoms with van der Waals surface area (Å²) in [5.41, 5.74) is 0.517. The Labute approximate surface area is 131 Å². The second kappa shape index (κ2) is 6.78. The molecular weight excluding hydrogens is 303 g/mol. The zero-order valence-electron chi connectivity index (χ0n) is 12.5. The van der Waals surface area contributed by atoms with E-state index in [1.807, 2.05) is 0 Å². The van der Waals surface area contributed by atoms with E-state index in [2.05, 4.69) is 10.6 Å². The van der Waals surface area contributed by atoms with Crippen molar-refractivity contribution < 1.29 is 23.8 Å². The summed E-state index contributed by atoms with van der Waals surface area (Å²) >= 11 is 0. The standard InChI is InChI=1S/C16H15FN2O4/c1-9(20)12-7-13(15(23-2)8-14(12)21)19-16(22)18-11-5-3-4-10(17)6-11/h3-8,21H,1-2H3,(H2,18,19,22). The molecule has 0 spiro atoms. The molecule has 2 aromatic carbocycles. The molecule has 0 aliphatic rings. The summed E-state index contributed by atoms with van der Waals surface area (Å²) < 4.78 is 18.1. The van der Waals surface area contributed by atoms with Crippen LogP contribution in [-0.2, 0) is 0 Å². The zero-order chi connectivity index (χ0) is 17.0. The Morgan fingerprint density at radius 3 is 2.52 bits per heavy atom. The number of aromatic hydroxyl groups is 1.